The fraction of sp³-hybridized carbons (Fsp3) is 0.364. The summed E-state index contributed by atoms with van der Waals surface area (Å²) in [5.41, 5.74) is -0.760. The normalized spacial score (nSPS) is 13.2. The molecule has 3 nitrogen and oxygen atoms in total. The van der Waals surface area contributed by atoms with Gasteiger partial charge in [-0.05, 0) is 25.1 Å². The van der Waals surface area contributed by atoms with Crippen LogP contribution in [0.1, 0.15) is 12.5 Å². The molecule has 0 aliphatic carbocycles. The minimum atomic E-state index is -4.47. The van der Waals surface area contributed by atoms with E-state index in [1.165, 1.54) is 14.0 Å². The second-order valence-electron chi connectivity index (χ2n) is 3.56. The fourth-order valence-corrected chi connectivity index (χ4v) is 1.36. The zero-order chi connectivity index (χ0) is 13.9. The van der Waals surface area contributed by atoms with Crippen molar-refractivity contribution in [3.63, 3.8) is 0 Å². The molecule has 1 aromatic rings. The van der Waals surface area contributed by atoms with E-state index >= 15 is 0 Å². The van der Waals surface area contributed by atoms with Crippen molar-refractivity contribution in [2.75, 3.05) is 12.4 Å². The van der Waals surface area contributed by atoms with Crippen LogP contribution < -0.4 is 5.32 Å². The lowest BCUT2D eigenvalue weighted by atomic mass is 10.2. The van der Waals surface area contributed by atoms with E-state index in [9.17, 15) is 18.0 Å². The highest BCUT2D eigenvalue weighted by Crippen LogP contribution is 2.33. The van der Waals surface area contributed by atoms with Crippen molar-refractivity contribution in [2.45, 2.75) is 19.2 Å². The monoisotopic (exact) mass is 281 g/mol. The van der Waals surface area contributed by atoms with Crippen LogP contribution in [0.25, 0.3) is 0 Å². The molecule has 100 valence electrons. The van der Waals surface area contributed by atoms with Gasteiger partial charge in [0.15, 0.2) is 0 Å². The quantitative estimate of drug-likeness (QED) is 0.923. The molecule has 0 saturated heterocycles. The topological polar surface area (TPSA) is 38.3 Å². The summed E-state index contributed by atoms with van der Waals surface area (Å²) in [4.78, 5) is 11.5. The summed E-state index contributed by atoms with van der Waals surface area (Å²) in [6.45, 7) is 1.51. The van der Waals surface area contributed by atoms with E-state index in [2.05, 4.69) is 5.32 Å². The minimum absolute atomic E-state index is 0.110. The summed E-state index contributed by atoms with van der Waals surface area (Å²) in [6, 6.07) is 2.71. The Bertz CT molecular complexity index is 448. The number of halogens is 4. The average molecular weight is 282 g/mol. The summed E-state index contributed by atoms with van der Waals surface area (Å²) in [7, 11) is 1.35. The Labute approximate surface area is 107 Å². The Kier molecular flexibility index (Phi) is 4.59. The number of hydrogen-bond donors (Lipinski definition) is 1. The third kappa shape index (κ3) is 3.61. The van der Waals surface area contributed by atoms with Crippen molar-refractivity contribution in [1.29, 1.82) is 0 Å². The van der Waals surface area contributed by atoms with Crippen LogP contribution in [0, 0.1) is 0 Å². The number of benzene rings is 1. The smallest absolute Gasteiger partial charge is 0.372 e. The second-order valence-corrected chi connectivity index (χ2v) is 3.97. The van der Waals surface area contributed by atoms with Crippen LogP contribution in [-0.2, 0) is 15.7 Å². The first-order chi connectivity index (χ1) is 8.25. The molecule has 1 amide bonds. The maximum atomic E-state index is 12.4. The number of carbonyl (C=O) groups is 1. The van der Waals surface area contributed by atoms with Crippen LogP contribution in [0.3, 0.4) is 0 Å². The lowest BCUT2D eigenvalue weighted by Crippen LogP contribution is -2.26. The van der Waals surface area contributed by atoms with Crippen molar-refractivity contribution in [3.8, 4) is 0 Å². The third-order valence-electron chi connectivity index (χ3n) is 2.28. The first kappa shape index (κ1) is 14.8. The van der Waals surface area contributed by atoms with E-state index in [0.717, 1.165) is 18.2 Å². The molecule has 1 unspecified atom stereocenters. The largest absolute Gasteiger partial charge is 0.416 e. The Balaban J connectivity index is 2.90. The molecule has 1 aromatic carbocycles. The van der Waals surface area contributed by atoms with Crippen molar-refractivity contribution in [2.24, 2.45) is 0 Å². The number of hydrogen-bond acceptors (Lipinski definition) is 2. The summed E-state index contributed by atoms with van der Waals surface area (Å²) < 4.78 is 41.9. The SMILES string of the molecule is COC(C)C(=O)Nc1ccc(C(F)(F)F)cc1Cl. The molecule has 0 aromatic heterocycles. The lowest BCUT2D eigenvalue weighted by molar-refractivity contribution is -0.137. The molecule has 0 aliphatic heterocycles. The molecule has 18 heavy (non-hydrogen) atoms. The molecule has 7 heteroatoms. The molecular weight excluding hydrogens is 271 g/mol. The maximum Gasteiger partial charge on any atom is 0.416 e. The van der Waals surface area contributed by atoms with Crippen LogP contribution >= 0.6 is 11.6 Å². The average Bonchev–Trinajstić information content (AvgIpc) is 2.29. The van der Waals surface area contributed by atoms with Gasteiger partial charge in [0.25, 0.3) is 5.91 Å². The maximum absolute atomic E-state index is 12.4. The number of amides is 1. The Hall–Kier alpha value is -1.27. The highest BCUT2D eigenvalue weighted by molar-refractivity contribution is 6.33. The van der Waals surface area contributed by atoms with Gasteiger partial charge in [-0.15, -0.1) is 0 Å². The van der Waals surface area contributed by atoms with Crippen LogP contribution in [-0.4, -0.2) is 19.1 Å². The highest BCUT2D eigenvalue weighted by Gasteiger charge is 2.31. The van der Waals surface area contributed by atoms with Gasteiger partial charge in [-0.3, -0.25) is 4.79 Å². The van der Waals surface area contributed by atoms with Gasteiger partial charge in [-0.25, -0.2) is 0 Å². The first-order valence-electron chi connectivity index (χ1n) is 4.96. The van der Waals surface area contributed by atoms with E-state index in [1.807, 2.05) is 0 Å². The summed E-state index contributed by atoms with van der Waals surface area (Å²) >= 11 is 5.67. The molecule has 1 N–H and O–H groups in total. The van der Waals surface area contributed by atoms with Crippen molar-refractivity contribution in [3.05, 3.63) is 28.8 Å². The number of alkyl halides is 3. The van der Waals surface area contributed by atoms with Crippen molar-refractivity contribution in [1.82, 2.24) is 0 Å². The van der Waals surface area contributed by atoms with Gasteiger partial charge in [-0.1, -0.05) is 11.6 Å². The first-order valence-corrected chi connectivity index (χ1v) is 5.34. The summed E-state index contributed by atoms with van der Waals surface area (Å²) in [5.74, 6) is -0.487. The molecular formula is C11H11ClF3NO2. The molecule has 0 heterocycles. The number of carbonyl (C=O) groups excluding carboxylic acids is 1. The number of rotatable bonds is 3. The van der Waals surface area contributed by atoms with E-state index in [1.54, 1.807) is 0 Å². The summed E-state index contributed by atoms with van der Waals surface area (Å²) in [5, 5.41) is 2.20. The van der Waals surface area contributed by atoms with Gasteiger partial charge >= 0.3 is 6.18 Å². The molecule has 0 aliphatic rings. The van der Waals surface area contributed by atoms with Gasteiger partial charge < -0.3 is 10.1 Å². The minimum Gasteiger partial charge on any atom is -0.372 e. The van der Waals surface area contributed by atoms with E-state index < -0.39 is 23.8 Å². The highest BCUT2D eigenvalue weighted by atomic mass is 35.5. The zero-order valence-corrected chi connectivity index (χ0v) is 10.4. The van der Waals surface area contributed by atoms with Gasteiger partial charge in [0.05, 0.1) is 16.3 Å². The molecule has 0 bridgehead atoms. The van der Waals surface area contributed by atoms with Crippen LogP contribution in [0.4, 0.5) is 18.9 Å². The lowest BCUT2D eigenvalue weighted by Gasteiger charge is -2.13. The van der Waals surface area contributed by atoms with Crippen molar-refractivity contribution >= 4 is 23.2 Å². The molecule has 1 atom stereocenters. The molecule has 0 radical (unpaired) electrons. The Morgan fingerprint density at radius 2 is 2.06 bits per heavy atom. The number of ether oxygens (including phenoxy) is 1. The number of nitrogens with one attached hydrogen (secondary N) is 1. The van der Waals surface area contributed by atoms with Crippen LogP contribution in [0.5, 0.6) is 0 Å². The molecule has 1 rings (SSSR count). The summed E-state index contributed by atoms with van der Waals surface area (Å²) in [6.07, 6.45) is -5.19. The van der Waals surface area contributed by atoms with E-state index in [4.69, 9.17) is 16.3 Å². The molecule has 0 fully saturated rings. The van der Waals surface area contributed by atoms with Crippen LogP contribution in [0.15, 0.2) is 18.2 Å². The predicted octanol–water partition coefficient (Wildman–Crippen LogP) is 3.33. The standard InChI is InChI=1S/C11H11ClF3NO2/c1-6(18-2)10(17)16-9-4-3-7(5-8(9)12)11(13,14)15/h3-6H,1-2H3,(H,16,17). The predicted molar refractivity (Wildman–Crippen MR) is 61.6 cm³/mol. The zero-order valence-electron chi connectivity index (χ0n) is 9.64. The second kappa shape index (κ2) is 5.58. The Morgan fingerprint density at radius 3 is 2.50 bits per heavy atom. The van der Waals surface area contributed by atoms with Gasteiger partial charge in [0, 0.05) is 7.11 Å². The van der Waals surface area contributed by atoms with E-state index in [0.29, 0.717) is 0 Å². The van der Waals surface area contributed by atoms with Gasteiger partial charge in [0.2, 0.25) is 0 Å². The molecule has 0 saturated carbocycles. The number of anilines is 1. The molecule has 0 spiro atoms. The van der Waals surface area contributed by atoms with Crippen molar-refractivity contribution < 1.29 is 22.7 Å². The third-order valence-corrected chi connectivity index (χ3v) is 2.59. The fourth-order valence-electron chi connectivity index (χ4n) is 1.13. The van der Waals surface area contributed by atoms with Gasteiger partial charge in [0.1, 0.15) is 6.10 Å². The van der Waals surface area contributed by atoms with E-state index in [-0.39, 0.29) is 10.7 Å². The Morgan fingerprint density at radius 1 is 1.44 bits per heavy atom. The number of methoxy groups -OCH3 is 1. The van der Waals surface area contributed by atoms with Gasteiger partial charge in [-0.2, -0.15) is 13.2 Å². The van der Waals surface area contributed by atoms with Crippen LogP contribution in [0.2, 0.25) is 5.02 Å².